The molecule has 1 saturated heterocycles. The fourth-order valence-corrected chi connectivity index (χ4v) is 5.74. The summed E-state index contributed by atoms with van der Waals surface area (Å²) in [5.41, 5.74) is 4.55. The molecule has 2 aromatic carbocycles. The Kier molecular flexibility index (Phi) is 10.5. The minimum absolute atomic E-state index is 0.113. The molecular weight excluding hydrogens is 536 g/mol. The number of piperidine rings is 1. The third kappa shape index (κ3) is 8.25. The first-order valence-electron chi connectivity index (χ1n) is 16.1. The van der Waals surface area contributed by atoms with E-state index >= 15 is 0 Å². The number of carbonyl (C=O) groups is 1. The fraction of sp³-hybridized carbons (Fsp3) is 0.514. The van der Waals surface area contributed by atoms with Crippen LogP contribution in [0.2, 0.25) is 0 Å². The number of imidazole rings is 1. The van der Waals surface area contributed by atoms with Gasteiger partial charge in [0.15, 0.2) is 12.2 Å². The number of rotatable bonds is 14. The van der Waals surface area contributed by atoms with Crippen molar-refractivity contribution in [3.63, 3.8) is 0 Å². The second-order valence-corrected chi connectivity index (χ2v) is 12.8. The molecule has 0 radical (unpaired) electrons. The number of oxazole rings is 1. The standard InChI is InChI=1S/C35H48N6O2/c1-26(2)15-21-40(22-16-27(3)4)34(42)29-11-14-31-32(23-29)41(20-8-19-39-17-6-5-7-18-39)35(38-31)37-30-12-9-28(10-13-30)33-24-36-25-43-33/h9-14,23-27H,5-8,15-22H2,1-4H3,(H,37,38). The molecule has 0 bridgehead atoms. The number of fused-ring (bicyclic) bond motifs is 1. The summed E-state index contributed by atoms with van der Waals surface area (Å²) in [7, 11) is 0. The topological polar surface area (TPSA) is 79.4 Å². The Morgan fingerprint density at radius 1 is 0.953 bits per heavy atom. The largest absolute Gasteiger partial charge is 0.444 e. The first-order chi connectivity index (χ1) is 20.9. The van der Waals surface area contributed by atoms with E-state index in [-0.39, 0.29) is 5.91 Å². The van der Waals surface area contributed by atoms with Crippen LogP contribution in [-0.4, -0.2) is 63.0 Å². The van der Waals surface area contributed by atoms with E-state index in [1.54, 1.807) is 6.20 Å². The van der Waals surface area contributed by atoms with Gasteiger partial charge in [0.1, 0.15) is 0 Å². The van der Waals surface area contributed by atoms with Gasteiger partial charge in [-0.15, -0.1) is 0 Å². The number of carbonyl (C=O) groups excluding carboxylic acids is 1. The maximum absolute atomic E-state index is 13.8. The molecule has 0 unspecified atom stereocenters. The van der Waals surface area contributed by atoms with E-state index in [0.29, 0.717) is 11.8 Å². The van der Waals surface area contributed by atoms with Crippen LogP contribution in [-0.2, 0) is 6.54 Å². The highest BCUT2D eigenvalue weighted by molar-refractivity contribution is 5.98. The van der Waals surface area contributed by atoms with Crippen LogP contribution in [0.5, 0.6) is 0 Å². The summed E-state index contributed by atoms with van der Waals surface area (Å²) >= 11 is 0. The SMILES string of the molecule is CC(C)CCN(CCC(C)C)C(=O)c1ccc2nc(Nc3ccc(-c4cnco4)cc3)n(CCCN3CCCCC3)c2c1. The molecule has 4 aromatic rings. The van der Waals surface area contributed by atoms with Crippen LogP contribution in [0.15, 0.2) is 59.5 Å². The zero-order valence-electron chi connectivity index (χ0n) is 26.4. The van der Waals surface area contributed by atoms with Gasteiger partial charge in [-0.1, -0.05) is 34.1 Å². The Hall–Kier alpha value is -3.65. The number of anilines is 2. The molecule has 1 aliphatic rings. The lowest BCUT2D eigenvalue weighted by Crippen LogP contribution is -2.34. The van der Waals surface area contributed by atoms with Crippen LogP contribution in [0.4, 0.5) is 11.6 Å². The van der Waals surface area contributed by atoms with E-state index in [2.05, 4.69) is 53.5 Å². The summed E-state index contributed by atoms with van der Waals surface area (Å²) in [6.07, 6.45) is 10.1. The smallest absolute Gasteiger partial charge is 0.253 e. The van der Waals surface area contributed by atoms with Crippen molar-refractivity contribution in [1.82, 2.24) is 24.3 Å². The predicted octanol–water partition coefficient (Wildman–Crippen LogP) is 7.85. The second-order valence-electron chi connectivity index (χ2n) is 12.8. The molecule has 1 aliphatic heterocycles. The van der Waals surface area contributed by atoms with E-state index in [4.69, 9.17) is 9.40 Å². The maximum atomic E-state index is 13.8. The van der Waals surface area contributed by atoms with Crippen molar-refractivity contribution in [3.8, 4) is 11.3 Å². The van der Waals surface area contributed by atoms with Gasteiger partial charge in [-0.3, -0.25) is 4.79 Å². The number of nitrogens with one attached hydrogen (secondary N) is 1. The number of hydrogen-bond donors (Lipinski definition) is 1. The molecule has 1 fully saturated rings. The van der Waals surface area contributed by atoms with Crippen LogP contribution in [0, 0.1) is 11.8 Å². The van der Waals surface area contributed by atoms with Crippen LogP contribution in [0.3, 0.4) is 0 Å². The first-order valence-corrected chi connectivity index (χ1v) is 16.1. The van der Waals surface area contributed by atoms with Gasteiger partial charge in [0.05, 0.1) is 17.2 Å². The highest BCUT2D eigenvalue weighted by atomic mass is 16.3. The highest BCUT2D eigenvalue weighted by Crippen LogP contribution is 2.27. The summed E-state index contributed by atoms with van der Waals surface area (Å²) in [6.45, 7) is 14.7. The number of amides is 1. The lowest BCUT2D eigenvalue weighted by atomic mass is 10.1. The lowest BCUT2D eigenvalue weighted by Gasteiger charge is -2.26. The van der Waals surface area contributed by atoms with Gasteiger partial charge in [-0.25, -0.2) is 9.97 Å². The first kappa shape index (κ1) is 30.8. The normalized spacial score (nSPS) is 14.2. The zero-order chi connectivity index (χ0) is 30.2. The molecule has 230 valence electrons. The van der Waals surface area contributed by atoms with E-state index in [1.165, 1.54) is 38.7 Å². The van der Waals surface area contributed by atoms with Crippen molar-refractivity contribution >= 4 is 28.6 Å². The zero-order valence-corrected chi connectivity index (χ0v) is 26.4. The number of likely N-dealkylation sites (tertiary alicyclic amines) is 1. The molecule has 5 rings (SSSR count). The number of aryl methyl sites for hydroxylation is 1. The van der Waals surface area contributed by atoms with E-state index < -0.39 is 0 Å². The molecule has 0 saturated carbocycles. The molecule has 43 heavy (non-hydrogen) atoms. The van der Waals surface area contributed by atoms with Crippen molar-refractivity contribution in [2.75, 3.05) is 38.0 Å². The van der Waals surface area contributed by atoms with Crippen LogP contribution in [0.1, 0.15) is 76.6 Å². The summed E-state index contributed by atoms with van der Waals surface area (Å²) < 4.78 is 7.71. The number of nitrogens with zero attached hydrogens (tertiary/aromatic N) is 5. The van der Waals surface area contributed by atoms with Gasteiger partial charge in [-0.05, 0) is 106 Å². The monoisotopic (exact) mass is 584 g/mol. The third-order valence-corrected chi connectivity index (χ3v) is 8.40. The van der Waals surface area contributed by atoms with Crippen molar-refractivity contribution in [3.05, 3.63) is 60.6 Å². The van der Waals surface area contributed by atoms with Gasteiger partial charge in [0.25, 0.3) is 5.91 Å². The Balaban J connectivity index is 1.41. The molecule has 8 nitrogen and oxygen atoms in total. The molecule has 1 amide bonds. The molecule has 0 atom stereocenters. The Morgan fingerprint density at radius 3 is 2.33 bits per heavy atom. The fourth-order valence-electron chi connectivity index (χ4n) is 5.74. The number of hydrogen-bond acceptors (Lipinski definition) is 6. The molecule has 0 aliphatic carbocycles. The summed E-state index contributed by atoms with van der Waals surface area (Å²) in [5.74, 6) is 2.75. The van der Waals surface area contributed by atoms with Crippen molar-refractivity contribution in [2.24, 2.45) is 11.8 Å². The second kappa shape index (κ2) is 14.7. The average Bonchev–Trinajstić information content (AvgIpc) is 3.66. The molecule has 8 heteroatoms. The predicted molar refractivity (Wildman–Crippen MR) is 175 cm³/mol. The summed E-state index contributed by atoms with van der Waals surface area (Å²) in [6, 6.07) is 14.1. The quantitative estimate of drug-likeness (QED) is 0.163. The van der Waals surface area contributed by atoms with Crippen molar-refractivity contribution < 1.29 is 9.21 Å². The van der Waals surface area contributed by atoms with Gasteiger partial charge in [0.2, 0.25) is 5.95 Å². The average molecular weight is 585 g/mol. The van der Waals surface area contributed by atoms with Crippen molar-refractivity contribution in [1.29, 1.82) is 0 Å². The molecule has 3 heterocycles. The summed E-state index contributed by atoms with van der Waals surface area (Å²) in [4.78, 5) is 27.5. The molecule has 0 spiro atoms. The van der Waals surface area contributed by atoms with Crippen molar-refractivity contribution in [2.45, 2.75) is 72.8 Å². The van der Waals surface area contributed by atoms with Gasteiger partial charge >= 0.3 is 0 Å². The Bertz CT molecular complexity index is 1420. The Morgan fingerprint density at radius 2 is 1.67 bits per heavy atom. The van der Waals surface area contributed by atoms with Gasteiger partial charge < -0.3 is 24.1 Å². The summed E-state index contributed by atoms with van der Waals surface area (Å²) in [5, 5.41) is 3.56. The van der Waals surface area contributed by atoms with Crippen LogP contribution >= 0.6 is 0 Å². The Labute approximate surface area is 256 Å². The van der Waals surface area contributed by atoms with E-state index in [9.17, 15) is 4.79 Å². The highest BCUT2D eigenvalue weighted by Gasteiger charge is 2.20. The van der Waals surface area contributed by atoms with E-state index in [1.807, 2.05) is 41.3 Å². The van der Waals surface area contributed by atoms with E-state index in [0.717, 1.165) is 85.0 Å². The lowest BCUT2D eigenvalue weighted by molar-refractivity contribution is 0.0741. The molecule has 1 N–H and O–H groups in total. The maximum Gasteiger partial charge on any atom is 0.253 e. The van der Waals surface area contributed by atoms with Gasteiger partial charge in [0, 0.05) is 36.4 Å². The minimum atomic E-state index is 0.113. The number of benzene rings is 2. The number of aromatic nitrogens is 3. The minimum Gasteiger partial charge on any atom is -0.444 e. The van der Waals surface area contributed by atoms with Gasteiger partial charge in [-0.2, -0.15) is 0 Å². The molecular formula is C35H48N6O2. The molecule has 2 aromatic heterocycles. The third-order valence-electron chi connectivity index (χ3n) is 8.40. The van der Waals surface area contributed by atoms with Crippen LogP contribution < -0.4 is 5.32 Å². The van der Waals surface area contributed by atoms with Crippen LogP contribution in [0.25, 0.3) is 22.4 Å².